The average Bonchev–Trinajstić information content (AvgIpc) is 3.42. The molecule has 10 heteroatoms. The monoisotopic (exact) mass is 407 g/mol. The van der Waals surface area contributed by atoms with Gasteiger partial charge in [-0.3, -0.25) is 0 Å². The SMILES string of the molecule is Fc1ccc(OCc2nc(CSc3nnnn3CC3CCCO3)cs2)cc1. The van der Waals surface area contributed by atoms with E-state index in [1.807, 2.05) is 5.38 Å². The summed E-state index contributed by atoms with van der Waals surface area (Å²) in [5.74, 6) is 1.02. The number of benzene rings is 1. The number of halogens is 1. The predicted octanol–water partition coefficient (Wildman–Crippen LogP) is 3.32. The Balaban J connectivity index is 1.28. The summed E-state index contributed by atoms with van der Waals surface area (Å²) in [5.41, 5.74) is 0.953. The van der Waals surface area contributed by atoms with Crippen molar-refractivity contribution in [1.82, 2.24) is 25.2 Å². The molecule has 4 rings (SSSR count). The standard InChI is InChI=1S/C17H18FN5O2S2/c18-12-3-5-14(6-4-12)25-9-16-19-13(10-26-16)11-27-17-20-21-22-23(17)8-15-2-1-7-24-15/h3-6,10,15H,1-2,7-9,11H2. The van der Waals surface area contributed by atoms with E-state index < -0.39 is 0 Å². The maximum absolute atomic E-state index is 12.9. The molecule has 1 aliphatic rings. The van der Waals surface area contributed by atoms with Gasteiger partial charge in [0.2, 0.25) is 5.16 Å². The van der Waals surface area contributed by atoms with Crippen molar-refractivity contribution in [2.24, 2.45) is 0 Å². The van der Waals surface area contributed by atoms with Crippen LogP contribution in [-0.2, 0) is 23.6 Å². The summed E-state index contributed by atoms with van der Waals surface area (Å²) in [6.07, 6.45) is 2.34. The van der Waals surface area contributed by atoms with Gasteiger partial charge in [-0.15, -0.1) is 16.4 Å². The third-order valence-corrected chi connectivity index (χ3v) is 5.89. The first-order chi connectivity index (χ1) is 13.3. The molecule has 0 aliphatic carbocycles. The largest absolute Gasteiger partial charge is 0.486 e. The van der Waals surface area contributed by atoms with Crippen molar-refractivity contribution in [1.29, 1.82) is 0 Å². The maximum Gasteiger partial charge on any atom is 0.209 e. The zero-order valence-electron chi connectivity index (χ0n) is 14.5. The molecular formula is C17H18FN5O2S2. The first-order valence-corrected chi connectivity index (χ1v) is 10.4. The van der Waals surface area contributed by atoms with Crippen LogP contribution in [-0.4, -0.2) is 37.9 Å². The molecule has 1 aromatic carbocycles. The minimum Gasteiger partial charge on any atom is -0.486 e. The van der Waals surface area contributed by atoms with Crippen molar-refractivity contribution in [3.8, 4) is 5.75 Å². The second kappa shape index (κ2) is 8.77. The van der Waals surface area contributed by atoms with Crippen LogP contribution in [0.1, 0.15) is 23.5 Å². The van der Waals surface area contributed by atoms with Crippen LogP contribution < -0.4 is 4.74 Å². The fourth-order valence-corrected chi connectivity index (χ4v) is 4.28. The zero-order valence-corrected chi connectivity index (χ0v) is 16.1. The number of aromatic nitrogens is 5. The Morgan fingerprint density at radius 3 is 3.04 bits per heavy atom. The number of nitrogens with zero attached hydrogens (tertiary/aromatic N) is 5. The van der Waals surface area contributed by atoms with Crippen LogP contribution in [0.3, 0.4) is 0 Å². The van der Waals surface area contributed by atoms with Gasteiger partial charge < -0.3 is 9.47 Å². The fourth-order valence-electron chi connectivity index (χ4n) is 2.69. The molecule has 1 atom stereocenters. The molecule has 0 saturated carbocycles. The third kappa shape index (κ3) is 5.02. The highest BCUT2D eigenvalue weighted by Crippen LogP contribution is 2.23. The summed E-state index contributed by atoms with van der Waals surface area (Å²) >= 11 is 3.09. The molecule has 0 bridgehead atoms. The van der Waals surface area contributed by atoms with Crippen molar-refractivity contribution < 1.29 is 13.9 Å². The van der Waals surface area contributed by atoms with E-state index in [4.69, 9.17) is 9.47 Å². The highest BCUT2D eigenvalue weighted by atomic mass is 32.2. The lowest BCUT2D eigenvalue weighted by atomic mass is 10.2. The number of ether oxygens (including phenoxy) is 2. The minimum absolute atomic E-state index is 0.197. The van der Waals surface area contributed by atoms with Gasteiger partial charge in [0.05, 0.1) is 18.3 Å². The molecule has 1 fully saturated rings. The lowest BCUT2D eigenvalue weighted by molar-refractivity contribution is 0.0912. The van der Waals surface area contributed by atoms with E-state index in [2.05, 4.69) is 20.5 Å². The zero-order chi connectivity index (χ0) is 18.5. The molecule has 27 heavy (non-hydrogen) atoms. The van der Waals surface area contributed by atoms with Gasteiger partial charge in [-0.05, 0) is 47.5 Å². The molecular weight excluding hydrogens is 389 g/mol. The van der Waals surface area contributed by atoms with E-state index in [9.17, 15) is 4.39 Å². The third-order valence-electron chi connectivity index (χ3n) is 4.02. The maximum atomic E-state index is 12.9. The van der Waals surface area contributed by atoms with Crippen LogP contribution >= 0.6 is 23.1 Å². The second-order valence-electron chi connectivity index (χ2n) is 6.04. The molecule has 0 N–H and O–H groups in total. The van der Waals surface area contributed by atoms with Gasteiger partial charge in [0.1, 0.15) is 23.2 Å². The van der Waals surface area contributed by atoms with Crippen molar-refractivity contribution in [3.63, 3.8) is 0 Å². The predicted molar refractivity (Wildman–Crippen MR) is 99.2 cm³/mol. The summed E-state index contributed by atoms with van der Waals surface area (Å²) in [5, 5.41) is 15.6. The van der Waals surface area contributed by atoms with E-state index in [1.54, 1.807) is 28.6 Å². The summed E-state index contributed by atoms with van der Waals surface area (Å²) in [6, 6.07) is 5.96. The smallest absolute Gasteiger partial charge is 0.209 e. The number of rotatable bonds is 8. The number of tetrazole rings is 1. The normalized spacial score (nSPS) is 16.7. The van der Waals surface area contributed by atoms with Crippen LogP contribution in [0.15, 0.2) is 34.8 Å². The summed E-state index contributed by atoms with van der Waals surface area (Å²) < 4.78 is 26.0. The number of thioether (sulfide) groups is 1. The van der Waals surface area contributed by atoms with E-state index >= 15 is 0 Å². The van der Waals surface area contributed by atoms with Crippen LogP contribution in [0.2, 0.25) is 0 Å². The van der Waals surface area contributed by atoms with Crippen LogP contribution in [0.5, 0.6) is 5.75 Å². The molecule has 1 aliphatic heterocycles. The van der Waals surface area contributed by atoms with Gasteiger partial charge in [-0.2, -0.15) is 0 Å². The molecule has 1 saturated heterocycles. The molecule has 1 unspecified atom stereocenters. The molecule has 7 nitrogen and oxygen atoms in total. The molecule has 3 heterocycles. The fraction of sp³-hybridized carbons (Fsp3) is 0.412. The Bertz CT molecular complexity index is 864. The first kappa shape index (κ1) is 18.3. The molecule has 2 aromatic heterocycles. The van der Waals surface area contributed by atoms with Crippen LogP contribution in [0.25, 0.3) is 0 Å². The Morgan fingerprint density at radius 2 is 2.22 bits per heavy atom. The topological polar surface area (TPSA) is 75.0 Å². The Labute approximate surface area is 163 Å². The molecule has 3 aromatic rings. The van der Waals surface area contributed by atoms with Gasteiger partial charge in [0, 0.05) is 17.7 Å². The number of thiazole rings is 1. The van der Waals surface area contributed by atoms with E-state index in [1.165, 1.54) is 23.5 Å². The van der Waals surface area contributed by atoms with E-state index in [-0.39, 0.29) is 11.9 Å². The van der Waals surface area contributed by atoms with Gasteiger partial charge in [-0.1, -0.05) is 11.8 Å². The minimum atomic E-state index is -0.280. The molecule has 142 valence electrons. The Hall–Kier alpha value is -2.04. The molecule has 0 radical (unpaired) electrons. The highest BCUT2D eigenvalue weighted by Gasteiger charge is 2.19. The highest BCUT2D eigenvalue weighted by molar-refractivity contribution is 7.98. The van der Waals surface area contributed by atoms with E-state index in [0.717, 1.165) is 35.3 Å². The van der Waals surface area contributed by atoms with Crippen molar-refractivity contribution in [3.05, 3.63) is 46.2 Å². The quantitative estimate of drug-likeness (QED) is 0.530. The summed E-state index contributed by atoms with van der Waals surface area (Å²) in [7, 11) is 0. The summed E-state index contributed by atoms with van der Waals surface area (Å²) in [6.45, 7) is 1.86. The van der Waals surface area contributed by atoms with E-state index in [0.29, 0.717) is 24.7 Å². The summed E-state index contributed by atoms with van der Waals surface area (Å²) in [4.78, 5) is 4.57. The average molecular weight is 407 g/mol. The van der Waals surface area contributed by atoms with Crippen LogP contribution in [0.4, 0.5) is 4.39 Å². The molecule has 0 spiro atoms. The van der Waals surface area contributed by atoms with Crippen molar-refractivity contribution in [2.75, 3.05) is 6.61 Å². The molecule has 0 amide bonds. The lowest BCUT2D eigenvalue weighted by Gasteiger charge is -2.09. The second-order valence-corrected chi connectivity index (χ2v) is 7.93. The van der Waals surface area contributed by atoms with Gasteiger partial charge in [-0.25, -0.2) is 14.1 Å². The van der Waals surface area contributed by atoms with Crippen molar-refractivity contribution >= 4 is 23.1 Å². The van der Waals surface area contributed by atoms with Crippen LogP contribution in [0, 0.1) is 5.82 Å². The lowest BCUT2D eigenvalue weighted by Crippen LogP contribution is -2.16. The first-order valence-electron chi connectivity index (χ1n) is 8.58. The number of hydrogen-bond acceptors (Lipinski definition) is 8. The van der Waals surface area contributed by atoms with Gasteiger partial charge in [0.15, 0.2) is 0 Å². The Morgan fingerprint density at radius 1 is 1.33 bits per heavy atom. The Kier molecular flexibility index (Phi) is 5.95. The van der Waals surface area contributed by atoms with Gasteiger partial charge >= 0.3 is 0 Å². The van der Waals surface area contributed by atoms with Gasteiger partial charge in [0.25, 0.3) is 0 Å². The van der Waals surface area contributed by atoms with Crippen molar-refractivity contribution in [2.45, 2.75) is 43.0 Å². The number of hydrogen-bond donors (Lipinski definition) is 0.